The molecule has 2 heteroatoms. The van der Waals surface area contributed by atoms with E-state index >= 15 is 0 Å². The molecule has 0 N–H and O–H groups in total. The summed E-state index contributed by atoms with van der Waals surface area (Å²) in [4.78, 5) is 0. The lowest BCUT2D eigenvalue weighted by atomic mass is 10.1. The summed E-state index contributed by atoms with van der Waals surface area (Å²) in [7, 11) is 1.67. The molecule has 0 aliphatic rings. The van der Waals surface area contributed by atoms with Crippen molar-refractivity contribution >= 4 is 11.6 Å². The highest BCUT2D eigenvalue weighted by Crippen LogP contribution is 2.13. The predicted octanol–water partition coefficient (Wildman–Crippen LogP) is 5.12. The zero-order valence-corrected chi connectivity index (χ0v) is 11.2. The van der Waals surface area contributed by atoms with Crippen LogP contribution in [0.5, 0.6) is 0 Å². The molecule has 0 aliphatic carbocycles. The Bertz CT molecular complexity index is 117. The number of ether oxygens (including phenoxy) is 1. The monoisotopic (exact) mass is 234 g/mol. The van der Waals surface area contributed by atoms with Crippen LogP contribution in [0, 0.1) is 0 Å². The first-order valence-electron chi connectivity index (χ1n) is 6.48. The number of methoxy groups -OCH3 is 1. The number of halogens is 1. The summed E-state index contributed by atoms with van der Waals surface area (Å²) < 4.78 is 4.99. The van der Waals surface area contributed by atoms with Crippen LogP contribution < -0.4 is 0 Å². The van der Waals surface area contributed by atoms with E-state index in [1.807, 2.05) is 0 Å². The van der Waals surface area contributed by atoms with Gasteiger partial charge in [0.25, 0.3) is 0 Å². The molecule has 0 saturated carbocycles. The van der Waals surface area contributed by atoms with E-state index in [1.54, 1.807) is 7.11 Å². The van der Waals surface area contributed by atoms with Crippen molar-refractivity contribution in [3.63, 3.8) is 0 Å². The molecule has 0 aromatic carbocycles. The Labute approximate surface area is 101 Å². The van der Waals surface area contributed by atoms with Crippen molar-refractivity contribution in [1.29, 1.82) is 0 Å². The predicted molar refractivity (Wildman–Crippen MR) is 68.5 cm³/mol. The molecular weight excluding hydrogens is 208 g/mol. The Kier molecular flexibility index (Phi) is 12.5. The highest BCUT2D eigenvalue weighted by atomic mass is 35.5. The molecule has 0 aromatic heterocycles. The third-order valence-electron chi connectivity index (χ3n) is 2.79. The van der Waals surface area contributed by atoms with Gasteiger partial charge in [0.1, 0.15) is 5.56 Å². The van der Waals surface area contributed by atoms with E-state index in [4.69, 9.17) is 16.3 Å². The van der Waals surface area contributed by atoms with Crippen LogP contribution in [-0.2, 0) is 4.74 Å². The Morgan fingerprint density at radius 3 is 1.80 bits per heavy atom. The van der Waals surface area contributed by atoms with Crippen LogP contribution in [0.2, 0.25) is 0 Å². The van der Waals surface area contributed by atoms with Gasteiger partial charge >= 0.3 is 0 Å². The Hall–Kier alpha value is 0.250. The van der Waals surface area contributed by atoms with Gasteiger partial charge in [0.15, 0.2) is 0 Å². The van der Waals surface area contributed by atoms with Gasteiger partial charge in [-0.1, -0.05) is 69.9 Å². The third kappa shape index (κ3) is 12.2. The first kappa shape index (κ1) is 15.2. The van der Waals surface area contributed by atoms with Gasteiger partial charge in [-0.25, -0.2) is 0 Å². The van der Waals surface area contributed by atoms with Gasteiger partial charge in [0, 0.05) is 7.11 Å². The standard InChI is InChI=1S/C13H27ClO/c1-3-4-5-6-7-8-9-10-11-12-13(14)15-2/h13H,3-12H2,1-2H3. The summed E-state index contributed by atoms with van der Waals surface area (Å²) in [6.07, 6.45) is 13.3. The second-order valence-corrected chi connectivity index (χ2v) is 4.75. The van der Waals surface area contributed by atoms with Crippen molar-refractivity contribution < 1.29 is 4.74 Å². The highest BCUT2D eigenvalue weighted by Gasteiger charge is 2.00. The lowest BCUT2D eigenvalue weighted by molar-refractivity contribution is 0.157. The molecule has 0 amide bonds. The molecule has 1 unspecified atom stereocenters. The minimum Gasteiger partial charge on any atom is -0.366 e. The van der Waals surface area contributed by atoms with Crippen LogP contribution in [0.4, 0.5) is 0 Å². The van der Waals surface area contributed by atoms with E-state index in [-0.39, 0.29) is 5.56 Å². The van der Waals surface area contributed by atoms with Gasteiger partial charge in [-0.2, -0.15) is 0 Å². The second-order valence-electron chi connectivity index (χ2n) is 4.26. The molecule has 0 saturated heterocycles. The molecule has 0 rings (SSSR count). The normalized spacial score (nSPS) is 13.0. The first-order valence-corrected chi connectivity index (χ1v) is 6.91. The summed E-state index contributed by atoms with van der Waals surface area (Å²) in [5.74, 6) is 0. The molecule has 92 valence electrons. The molecule has 1 nitrogen and oxygen atoms in total. The Morgan fingerprint density at radius 1 is 0.867 bits per heavy atom. The zero-order chi connectivity index (χ0) is 11.4. The summed E-state index contributed by atoms with van der Waals surface area (Å²) in [5, 5.41) is 0. The van der Waals surface area contributed by atoms with Crippen LogP contribution in [0.3, 0.4) is 0 Å². The van der Waals surface area contributed by atoms with Crippen molar-refractivity contribution in [1.82, 2.24) is 0 Å². The minimum absolute atomic E-state index is 0.0745. The number of hydrogen-bond acceptors (Lipinski definition) is 1. The Balaban J connectivity index is 2.92. The summed E-state index contributed by atoms with van der Waals surface area (Å²) in [6, 6.07) is 0. The average Bonchev–Trinajstić information content (AvgIpc) is 2.26. The van der Waals surface area contributed by atoms with Crippen molar-refractivity contribution in [3.05, 3.63) is 0 Å². The molecule has 0 aromatic rings. The quantitative estimate of drug-likeness (QED) is 0.356. The average molecular weight is 235 g/mol. The minimum atomic E-state index is -0.0745. The fraction of sp³-hybridized carbons (Fsp3) is 1.00. The van der Waals surface area contributed by atoms with Crippen molar-refractivity contribution in [2.45, 2.75) is 76.7 Å². The van der Waals surface area contributed by atoms with Gasteiger partial charge in [0.05, 0.1) is 0 Å². The number of alkyl halides is 1. The van der Waals surface area contributed by atoms with Crippen molar-refractivity contribution in [2.24, 2.45) is 0 Å². The van der Waals surface area contributed by atoms with Crippen LogP contribution in [-0.4, -0.2) is 12.7 Å². The highest BCUT2D eigenvalue weighted by molar-refractivity contribution is 6.19. The maximum Gasteiger partial charge on any atom is 0.130 e. The second kappa shape index (κ2) is 12.3. The molecule has 0 spiro atoms. The lowest BCUT2D eigenvalue weighted by Crippen LogP contribution is -2.00. The lowest BCUT2D eigenvalue weighted by Gasteiger charge is -2.06. The van der Waals surface area contributed by atoms with Gasteiger partial charge in [-0.3, -0.25) is 0 Å². The molecular formula is C13H27ClO. The van der Waals surface area contributed by atoms with E-state index in [9.17, 15) is 0 Å². The molecule has 0 aliphatic heterocycles. The van der Waals surface area contributed by atoms with Crippen molar-refractivity contribution in [3.8, 4) is 0 Å². The Morgan fingerprint density at radius 2 is 1.33 bits per heavy atom. The summed E-state index contributed by atoms with van der Waals surface area (Å²) in [6.45, 7) is 2.26. The maximum absolute atomic E-state index is 5.84. The summed E-state index contributed by atoms with van der Waals surface area (Å²) in [5.41, 5.74) is -0.0745. The fourth-order valence-electron chi connectivity index (χ4n) is 1.73. The SMILES string of the molecule is CCCCCCCCCCCC(Cl)OC. The van der Waals surface area contributed by atoms with E-state index in [2.05, 4.69) is 6.92 Å². The van der Waals surface area contributed by atoms with Gasteiger partial charge in [-0.15, -0.1) is 0 Å². The molecule has 0 heterocycles. The third-order valence-corrected chi connectivity index (χ3v) is 3.19. The largest absolute Gasteiger partial charge is 0.366 e. The van der Waals surface area contributed by atoms with Crippen LogP contribution in [0.15, 0.2) is 0 Å². The van der Waals surface area contributed by atoms with Gasteiger partial charge in [0.2, 0.25) is 0 Å². The molecule has 0 fully saturated rings. The van der Waals surface area contributed by atoms with Crippen LogP contribution in [0.1, 0.15) is 71.1 Å². The molecule has 0 bridgehead atoms. The smallest absolute Gasteiger partial charge is 0.130 e. The first-order chi connectivity index (χ1) is 7.31. The van der Waals surface area contributed by atoms with E-state index < -0.39 is 0 Å². The van der Waals surface area contributed by atoms with Crippen LogP contribution in [0.25, 0.3) is 0 Å². The molecule has 0 radical (unpaired) electrons. The van der Waals surface area contributed by atoms with Gasteiger partial charge in [-0.05, 0) is 12.8 Å². The fourth-order valence-corrected chi connectivity index (χ4v) is 1.89. The maximum atomic E-state index is 5.84. The van der Waals surface area contributed by atoms with Crippen LogP contribution >= 0.6 is 11.6 Å². The van der Waals surface area contributed by atoms with Gasteiger partial charge < -0.3 is 4.74 Å². The number of unbranched alkanes of at least 4 members (excludes halogenated alkanes) is 8. The summed E-state index contributed by atoms with van der Waals surface area (Å²) >= 11 is 5.84. The molecule has 1 atom stereocenters. The number of rotatable bonds is 11. The van der Waals surface area contributed by atoms with E-state index in [0.29, 0.717) is 0 Å². The topological polar surface area (TPSA) is 9.23 Å². The van der Waals surface area contributed by atoms with E-state index in [0.717, 1.165) is 6.42 Å². The van der Waals surface area contributed by atoms with E-state index in [1.165, 1.54) is 57.8 Å². The zero-order valence-electron chi connectivity index (χ0n) is 10.4. The van der Waals surface area contributed by atoms with Crippen molar-refractivity contribution in [2.75, 3.05) is 7.11 Å². The number of hydrogen-bond donors (Lipinski definition) is 0. The molecule has 15 heavy (non-hydrogen) atoms.